The van der Waals surface area contributed by atoms with Crippen molar-refractivity contribution < 1.29 is 14.3 Å². The van der Waals surface area contributed by atoms with Crippen molar-refractivity contribution in [3.05, 3.63) is 97.7 Å². The summed E-state index contributed by atoms with van der Waals surface area (Å²) >= 11 is 12.2. The highest BCUT2D eigenvalue weighted by Crippen LogP contribution is 2.43. The molecule has 0 bridgehead atoms. The normalized spacial score (nSPS) is 16.4. The summed E-state index contributed by atoms with van der Waals surface area (Å²) in [6, 6.07) is 15.7. The monoisotopic (exact) mass is 493 g/mol. The van der Waals surface area contributed by atoms with Crippen LogP contribution in [0.2, 0.25) is 10.0 Å². The number of halogens is 2. The predicted octanol–water partition coefficient (Wildman–Crippen LogP) is 7.39. The lowest BCUT2D eigenvalue weighted by Crippen LogP contribution is -2.32. The molecule has 0 fully saturated rings. The number of hydrogen-bond donors (Lipinski definition) is 0. The molecule has 0 N–H and O–H groups in total. The maximum Gasteiger partial charge on any atom is 0.231 e. The van der Waals surface area contributed by atoms with Crippen molar-refractivity contribution in [2.24, 2.45) is 0 Å². The minimum Gasteiger partial charge on any atom is -0.477 e. The molecule has 174 valence electrons. The molecule has 4 nitrogen and oxygen atoms in total. The first-order valence-corrected chi connectivity index (χ1v) is 12.1. The Hall–Kier alpha value is -2.79. The van der Waals surface area contributed by atoms with Crippen LogP contribution in [0, 0.1) is 6.92 Å². The average Bonchev–Trinajstić information content (AvgIpc) is 3.12. The number of fused-ring (bicyclic) bond motifs is 2. The second-order valence-electron chi connectivity index (χ2n) is 9.14. The van der Waals surface area contributed by atoms with Gasteiger partial charge in [-0.2, -0.15) is 0 Å². The van der Waals surface area contributed by atoms with Crippen LogP contribution in [0.15, 0.2) is 54.3 Å². The molecule has 0 amide bonds. The highest BCUT2D eigenvalue weighted by molar-refractivity contribution is 6.42. The molecule has 6 heteroatoms. The highest BCUT2D eigenvalue weighted by atomic mass is 35.5. The first-order valence-electron chi connectivity index (χ1n) is 11.3. The van der Waals surface area contributed by atoms with Crippen LogP contribution < -0.4 is 9.47 Å². The zero-order chi connectivity index (χ0) is 24.0. The van der Waals surface area contributed by atoms with Crippen molar-refractivity contribution in [3.63, 3.8) is 0 Å². The van der Waals surface area contributed by atoms with Crippen molar-refractivity contribution in [2.45, 2.75) is 39.8 Å². The van der Waals surface area contributed by atoms with Crippen LogP contribution in [0.4, 0.5) is 0 Å². The maximum atomic E-state index is 13.2. The fourth-order valence-corrected chi connectivity index (χ4v) is 4.74. The largest absolute Gasteiger partial charge is 0.477 e. The lowest BCUT2D eigenvalue weighted by molar-refractivity contribution is 0.0876. The molecule has 2 aliphatic heterocycles. The third-order valence-corrected chi connectivity index (χ3v) is 7.03. The summed E-state index contributed by atoms with van der Waals surface area (Å²) in [6.07, 6.45) is 1.81. The molecule has 0 aliphatic carbocycles. The molecule has 34 heavy (non-hydrogen) atoms. The Morgan fingerprint density at radius 3 is 2.50 bits per heavy atom. The molecular formula is C28H25Cl2NO3. The van der Waals surface area contributed by atoms with Crippen LogP contribution in [-0.4, -0.2) is 17.4 Å². The van der Waals surface area contributed by atoms with Crippen LogP contribution in [0.25, 0.3) is 6.08 Å². The standard InChI is InChI=1S/C28H25Cl2NO3/c1-16(2)20-7-4-18(5-8-20)11-25-26(32)22-12-21-14-31(13-19-6-9-23(29)24(30)10-19)15-33-27(21)17(3)28(22)34-25/h4-12,16H,13-15H2,1-3H3/b25-11-. The van der Waals surface area contributed by atoms with Gasteiger partial charge in [0.05, 0.1) is 15.6 Å². The Kier molecular flexibility index (Phi) is 6.15. The number of allylic oxidation sites excluding steroid dienone is 1. The van der Waals surface area contributed by atoms with Gasteiger partial charge in [0.2, 0.25) is 5.78 Å². The summed E-state index contributed by atoms with van der Waals surface area (Å²) in [5.74, 6) is 2.08. The Morgan fingerprint density at radius 1 is 1.03 bits per heavy atom. The van der Waals surface area contributed by atoms with E-state index in [0.717, 1.165) is 28.0 Å². The molecule has 0 saturated carbocycles. The van der Waals surface area contributed by atoms with E-state index in [9.17, 15) is 4.79 Å². The van der Waals surface area contributed by atoms with Crippen LogP contribution in [0.5, 0.6) is 11.5 Å². The van der Waals surface area contributed by atoms with Crippen LogP contribution in [0.3, 0.4) is 0 Å². The summed E-state index contributed by atoms with van der Waals surface area (Å²) in [4.78, 5) is 15.3. The van der Waals surface area contributed by atoms with E-state index >= 15 is 0 Å². The third kappa shape index (κ3) is 4.34. The van der Waals surface area contributed by atoms with Gasteiger partial charge in [0, 0.05) is 24.2 Å². The van der Waals surface area contributed by atoms with Gasteiger partial charge in [0.15, 0.2) is 5.76 Å². The van der Waals surface area contributed by atoms with Gasteiger partial charge in [0.1, 0.15) is 18.2 Å². The molecular weight excluding hydrogens is 469 g/mol. The van der Waals surface area contributed by atoms with Crippen molar-refractivity contribution in [2.75, 3.05) is 6.73 Å². The van der Waals surface area contributed by atoms with Crippen molar-refractivity contribution >= 4 is 35.1 Å². The number of nitrogens with zero attached hydrogens (tertiary/aromatic N) is 1. The number of ether oxygens (including phenoxy) is 2. The molecule has 0 spiro atoms. The number of benzene rings is 3. The summed E-state index contributed by atoms with van der Waals surface area (Å²) in [5.41, 5.74) is 5.66. The predicted molar refractivity (Wildman–Crippen MR) is 136 cm³/mol. The molecule has 2 aliphatic rings. The second-order valence-corrected chi connectivity index (χ2v) is 9.95. The first-order chi connectivity index (χ1) is 16.3. The lowest BCUT2D eigenvalue weighted by atomic mass is 9.99. The van der Waals surface area contributed by atoms with E-state index in [2.05, 4.69) is 30.9 Å². The van der Waals surface area contributed by atoms with E-state index in [-0.39, 0.29) is 5.78 Å². The zero-order valence-corrected chi connectivity index (χ0v) is 20.8. The quantitative estimate of drug-likeness (QED) is 0.355. The number of Topliss-reactive ketones (excluding diaryl/α,β-unsaturated/α-hetero) is 1. The summed E-state index contributed by atoms with van der Waals surface area (Å²) in [7, 11) is 0. The molecule has 0 radical (unpaired) electrons. The number of hydrogen-bond acceptors (Lipinski definition) is 4. The number of carbonyl (C=O) groups excluding carboxylic acids is 1. The molecule has 3 aromatic rings. The zero-order valence-electron chi connectivity index (χ0n) is 19.3. The van der Waals surface area contributed by atoms with Gasteiger partial charge in [-0.15, -0.1) is 0 Å². The molecule has 0 saturated heterocycles. The topological polar surface area (TPSA) is 38.8 Å². The average molecular weight is 494 g/mol. The molecule has 3 aromatic carbocycles. The number of rotatable bonds is 4. The second kappa shape index (κ2) is 9.10. The third-order valence-electron chi connectivity index (χ3n) is 6.29. The molecule has 2 heterocycles. The molecule has 0 unspecified atom stereocenters. The fraction of sp³-hybridized carbons (Fsp3) is 0.250. The lowest BCUT2D eigenvalue weighted by Gasteiger charge is -2.30. The number of ketones is 1. The summed E-state index contributed by atoms with van der Waals surface area (Å²) in [5, 5.41) is 1.07. The highest BCUT2D eigenvalue weighted by Gasteiger charge is 2.33. The van der Waals surface area contributed by atoms with Crippen LogP contribution >= 0.6 is 23.2 Å². The van der Waals surface area contributed by atoms with Gasteiger partial charge in [0.25, 0.3) is 0 Å². The number of carbonyl (C=O) groups is 1. The van der Waals surface area contributed by atoms with Crippen LogP contribution in [0.1, 0.15) is 57.9 Å². The Morgan fingerprint density at radius 2 is 1.79 bits per heavy atom. The van der Waals surface area contributed by atoms with E-state index in [4.69, 9.17) is 32.7 Å². The van der Waals surface area contributed by atoms with Gasteiger partial charge >= 0.3 is 0 Å². The van der Waals surface area contributed by atoms with Gasteiger partial charge in [-0.05, 0) is 53.8 Å². The van der Waals surface area contributed by atoms with Gasteiger partial charge in [-0.3, -0.25) is 9.69 Å². The van der Waals surface area contributed by atoms with E-state index in [1.807, 2.05) is 43.3 Å². The molecule has 0 atom stereocenters. The first kappa shape index (κ1) is 23.0. The van der Waals surface area contributed by atoms with Crippen molar-refractivity contribution in [1.82, 2.24) is 4.90 Å². The van der Waals surface area contributed by atoms with Gasteiger partial charge < -0.3 is 9.47 Å². The summed E-state index contributed by atoms with van der Waals surface area (Å²) in [6.45, 7) is 8.02. The minimum atomic E-state index is -0.101. The minimum absolute atomic E-state index is 0.101. The van der Waals surface area contributed by atoms with E-state index in [1.54, 1.807) is 6.07 Å². The maximum absolute atomic E-state index is 13.2. The van der Waals surface area contributed by atoms with Crippen LogP contribution in [-0.2, 0) is 13.1 Å². The molecule has 5 rings (SSSR count). The Bertz CT molecular complexity index is 1310. The van der Waals surface area contributed by atoms with E-state index in [0.29, 0.717) is 52.9 Å². The summed E-state index contributed by atoms with van der Waals surface area (Å²) < 4.78 is 12.1. The van der Waals surface area contributed by atoms with Crippen molar-refractivity contribution in [3.8, 4) is 11.5 Å². The van der Waals surface area contributed by atoms with Crippen molar-refractivity contribution in [1.29, 1.82) is 0 Å². The Labute approximate surface area is 209 Å². The van der Waals surface area contributed by atoms with E-state index in [1.165, 1.54) is 5.56 Å². The van der Waals surface area contributed by atoms with E-state index < -0.39 is 0 Å². The SMILES string of the molecule is Cc1c2c(cc3c1O/C(=C\c1ccc(C(C)C)cc1)C3=O)CN(Cc1ccc(Cl)c(Cl)c1)CO2. The van der Waals surface area contributed by atoms with Gasteiger partial charge in [-0.25, -0.2) is 0 Å². The fourth-order valence-electron chi connectivity index (χ4n) is 4.42. The smallest absolute Gasteiger partial charge is 0.231 e. The van der Waals surface area contributed by atoms with Gasteiger partial charge in [-0.1, -0.05) is 67.4 Å². The molecule has 0 aromatic heterocycles. The Balaban J connectivity index is 1.38.